The highest BCUT2D eigenvalue weighted by Gasteiger charge is 2.18. The lowest BCUT2D eigenvalue weighted by molar-refractivity contribution is -0.120. The van der Waals surface area contributed by atoms with E-state index in [1.165, 1.54) is 17.3 Å². The molecule has 118 valence electrons. The molecular weight excluding hydrogens is 298 g/mol. The lowest BCUT2D eigenvalue weighted by Crippen LogP contribution is -2.43. The number of hydrogen-bond donors (Lipinski definition) is 1. The summed E-state index contributed by atoms with van der Waals surface area (Å²) in [5.74, 6) is 0.269. The van der Waals surface area contributed by atoms with Crippen molar-refractivity contribution in [1.29, 1.82) is 0 Å². The molecule has 2 rings (SSSR count). The van der Waals surface area contributed by atoms with Crippen molar-refractivity contribution in [1.82, 2.24) is 25.5 Å². The van der Waals surface area contributed by atoms with Gasteiger partial charge in [-0.2, -0.15) is 4.68 Å². The third-order valence-electron chi connectivity index (χ3n) is 3.41. The van der Waals surface area contributed by atoms with Crippen molar-refractivity contribution in [2.24, 2.45) is 0 Å². The van der Waals surface area contributed by atoms with Crippen LogP contribution in [0.1, 0.15) is 32.8 Å². The normalized spacial score (nSPS) is 11.5. The van der Waals surface area contributed by atoms with Crippen LogP contribution in [0.2, 0.25) is 0 Å². The Morgan fingerprint density at radius 2 is 2.00 bits per heavy atom. The number of nitrogens with one attached hydrogen (secondary N) is 1. The summed E-state index contributed by atoms with van der Waals surface area (Å²) < 4.78 is 1.64. The van der Waals surface area contributed by atoms with Gasteiger partial charge < -0.3 is 5.32 Å². The van der Waals surface area contributed by atoms with Crippen LogP contribution in [0, 0.1) is 6.92 Å². The number of rotatable bonds is 6. The van der Waals surface area contributed by atoms with E-state index in [2.05, 4.69) is 20.8 Å². The van der Waals surface area contributed by atoms with E-state index in [0.717, 1.165) is 12.1 Å². The van der Waals surface area contributed by atoms with Crippen LogP contribution < -0.4 is 5.32 Å². The summed E-state index contributed by atoms with van der Waals surface area (Å²) in [6.45, 7) is 8.09. The summed E-state index contributed by atoms with van der Waals surface area (Å²) in [5, 5.41) is 15.3. The van der Waals surface area contributed by atoms with Crippen LogP contribution in [0.4, 0.5) is 0 Å². The van der Waals surface area contributed by atoms with E-state index in [0.29, 0.717) is 5.16 Å². The summed E-state index contributed by atoms with van der Waals surface area (Å²) in [6, 6.07) is 7.91. The maximum atomic E-state index is 12.0. The second-order valence-corrected chi connectivity index (χ2v) is 6.73. The molecule has 1 amide bonds. The van der Waals surface area contributed by atoms with Crippen molar-refractivity contribution < 1.29 is 4.79 Å². The summed E-state index contributed by atoms with van der Waals surface area (Å²) >= 11 is 1.33. The van der Waals surface area contributed by atoms with Crippen LogP contribution in [0.3, 0.4) is 0 Å². The maximum Gasteiger partial charge on any atom is 0.230 e. The summed E-state index contributed by atoms with van der Waals surface area (Å²) in [5.41, 5.74) is 1.86. The summed E-state index contributed by atoms with van der Waals surface area (Å²) in [6.07, 6.45) is 0.879. The first-order valence-electron chi connectivity index (χ1n) is 7.20. The molecule has 0 spiro atoms. The number of hydrogen-bond acceptors (Lipinski definition) is 5. The van der Waals surface area contributed by atoms with Gasteiger partial charge in [-0.3, -0.25) is 4.79 Å². The van der Waals surface area contributed by atoms with Gasteiger partial charge in [-0.05, 0) is 49.8 Å². The topological polar surface area (TPSA) is 72.7 Å². The van der Waals surface area contributed by atoms with Gasteiger partial charge in [0.2, 0.25) is 11.1 Å². The number of carbonyl (C=O) groups excluding carboxylic acids is 1. The lowest BCUT2D eigenvalue weighted by atomic mass is 10.0. The molecule has 0 unspecified atom stereocenters. The zero-order valence-electron chi connectivity index (χ0n) is 13.3. The van der Waals surface area contributed by atoms with E-state index in [4.69, 9.17) is 0 Å². The molecule has 6 nitrogen and oxygen atoms in total. The van der Waals surface area contributed by atoms with Gasteiger partial charge in [0.05, 0.1) is 11.4 Å². The molecule has 0 aliphatic rings. The van der Waals surface area contributed by atoms with Crippen molar-refractivity contribution in [3.05, 3.63) is 29.8 Å². The van der Waals surface area contributed by atoms with Crippen molar-refractivity contribution in [3.63, 3.8) is 0 Å². The van der Waals surface area contributed by atoms with Crippen LogP contribution in [-0.2, 0) is 4.79 Å². The Balaban J connectivity index is 2.02. The monoisotopic (exact) mass is 319 g/mol. The molecule has 0 fully saturated rings. The summed E-state index contributed by atoms with van der Waals surface area (Å²) in [4.78, 5) is 12.0. The Kier molecular flexibility index (Phi) is 5.18. The molecular formula is C15H21N5OS. The zero-order valence-corrected chi connectivity index (χ0v) is 14.1. The average Bonchev–Trinajstić information content (AvgIpc) is 2.94. The van der Waals surface area contributed by atoms with Gasteiger partial charge in [0.25, 0.3) is 0 Å². The first-order valence-corrected chi connectivity index (χ1v) is 8.19. The van der Waals surface area contributed by atoms with Gasteiger partial charge in [-0.25, -0.2) is 0 Å². The first kappa shape index (κ1) is 16.5. The second kappa shape index (κ2) is 6.91. The molecule has 0 aliphatic heterocycles. The molecule has 1 aromatic carbocycles. The average molecular weight is 319 g/mol. The standard InChI is InChI=1S/C15H21N5OS/c1-5-15(3,4)16-13(21)10-22-14-17-18-19-20(14)12-8-6-11(2)7-9-12/h6-9H,5,10H2,1-4H3,(H,16,21). The molecule has 1 N–H and O–H groups in total. The highest BCUT2D eigenvalue weighted by Crippen LogP contribution is 2.18. The number of tetrazole rings is 1. The smallest absolute Gasteiger partial charge is 0.230 e. The SMILES string of the molecule is CCC(C)(C)NC(=O)CSc1nnnn1-c1ccc(C)cc1. The second-order valence-electron chi connectivity index (χ2n) is 5.78. The minimum atomic E-state index is -0.194. The zero-order chi connectivity index (χ0) is 16.2. The van der Waals surface area contributed by atoms with Crippen molar-refractivity contribution >= 4 is 17.7 Å². The minimum absolute atomic E-state index is 0.0182. The fourth-order valence-corrected chi connectivity index (χ4v) is 2.44. The number of thioether (sulfide) groups is 1. The molecule has 0 bridgehead atoms. The van der Waals surface area contributed by atoms with Gasteiger partial charge >= 0.3 is 0 Å². The Labute approximate surface area is 134 Å². The van der Waals surface area contributed by atoms with E-state index in [9.17, 15) is 4.79 Å². The van der Waals surface area contributed by atoms with E-state index in [1.807, 2.05) is 52.0 Å². The quantitative estimate of drug-likeness (QED) is 0.828. The van der Waals surface area contributed by atoms with Crippen LogP contribution in [0.25, 0.3) is 5.69 Å². The fourth-order valence-electron chi connectivity index (χ4n) is 1.75. The number of aryl methyl sites for hydroxylation is 1. The molecule has 22 heavy (non-hydrogen) atoms. The number of amides is 1. The van der Waals surface area contributed by atoms with E-state index < -0.39 is 0 Å². The molecule has 0 atom stereocenters. The molecule has 7 heteroatoms. The highest BCUT2D eigenvalue weighted by molar-refractivity contribution is 7.99. The number of carbonyl (C=O) groups is 1. The van der Waals surface area contributed by atoms with Crippen molar-refractivity contribution in [2.45, 2.75) is 44.8 Å². The molecule has 0 aliphatic carbocycles. The highest BCUT2D eigenvalue weighted by atomic mass is 32.2. The van der Waals surface area contributed by atoms with Crippen LogP contribution >= 0.6 is 11.8 Å². The fraction of sp³-hybridized carbons (Fsp3) is 0.467. The lowest BCUT2D eigenvalue weighted by Gasteiger charge is -2.24. The predicted octanol–water partition coefficient (Wildman–Crippen LogP) is 2.37. The predicted molar refractivity (Wildman–Crippen MR) is 87.1 cm³/mol. The van der Waals surface area contributed by atoms with E-state index >= 15 is 0 Å². The third-order valence-corrected chi connectivity index (χ3v) is 4.33. The summed E-state index contributed by atoms with van der Waals surface area (Å²) in [7, 11) is 0. The van der Waals surface area contributed by atoms with Gasteiger partial charge in [-0.15, -0.1) is 5.10 Å². The van der Waals surface area contributed by atoms with E-state index in [1.54, 1.807) is 4.68 Å². The Morgan fingerprint density at radius 3 is 2.64 bits per heavy atom. The van der Waals surface area contributed by atoms with Crippen molar-refractivity contribution in [3.8, 4) is 5.69 Å². The van der Waals surface area contributed by atoms with Crippen LogP contribution in [-0.4, -0.2) is 37.4 Å². The van der Waals surface area contributed by atoms with Gasteiger partial charge in [0, 0.05) is 5.54 Å². The maximum absolute atomic E-state index is 12.0. The van der Waals surface area contributed by atoms with Gasteiger partial charge in [0.1, 0.15) is 0 Å². The van der Waals surface area contributed by atoms with Crippen LogP contribution in [0.15, 0.2) is 29.4 Å². The van der Waals surface area contributed by atoms with Gasteiger partial charge in [0.15, 0.2) is 0 Å². The Hall–Kier alpha value is -1.89. The molecule has 1 aromatic heterocycles. The molecule has 0 saturated carbocycles. The number of nitrogens with zero attached hydrogens (tertiary/aromatic N) is 4. The Bertz CT molecular complexity index is 636. The number of aromatic nitrogens is 4. The first-order chi connectivity index (χ1) is 10.4. The number of benzene rings is 1. The molecule has 2 aromatic rings. The third kappa shape index (κ3) is 4.30. The van der Waals surface area contributed by atoms with Crippen LogP contribution in [0.5, 0.6) is 0 Å². The van der Waals surface area contributed by atoms with Crippen molar-refractivity contribution in [2.75, 3.05) is 5.75 Å². The minimum Gasteiger partial charge on any atom is -0.351 e. The van der Waals surface area contributed by atoms with E-state index in [-0.39, 0.29) is 17.2 Å². The van der Waals surface area contributed by atoms with Gasteiger partial charge in [-0.1, -0.05) is 36.4 Å². The largest absolute Gasteiger partial charge is 0.351 e. The Morgan fingerprint density at radius 1 is 1.32 bits per heavy atom. The molecule has 1 heterocycles. The molecule has 0 radical (unpaired) electrons. The molecule has 0 saturated heterocycles.